The van der Waals surface area contributed by atoms with E-state index in [4.69, 9.17) is 4.74 Å². The van der Waals surface area contributed by atoms with E-state index in [0.717, 1.165) is 22.1 Å². The minimum atomic E-state index is -3.57. The number of anilines is 1. The zero-order valence-electron chi connectivity index (χ0n) is 16.1. The Morgan fingerprint density at radius 2 is 1.76 bits per heavy atom. The van der Waals surface area contributed by atoms with Crippen LogP contribution in [0.15, 0.2) is 65.6 Å². The van der Waals surface area contributed by atoms with Crippen molar-refractivity contribution in [3.05, 3.63) is 66.2 Å². The van der Waals surface area contributed by atoms with E-state index in [-0.39, 0.29) is 18.9 Å². The molecule has 0 spiro atoms. The second kappa shape index (κ2) is 7.75. The van der Waals surface area contributed by atoms with Gasteiger partial charge in [0.1, 0.15) is 5.75 Å². The average Bonchev–Trinajstić information content (AvgIpc) is 2.96. The predicted octanol–water partition coefficient (Wildman–Crippen LogP) is 3.45. The molecule has 0 atom stereocenters. The molecule has 1 heterocycles. The Kier molecular flexibility index (Phi) is 5.15. The summed E-state index contributed by atoms with van der Waals surface area (Å²) >= 11 is 0. The summed E-state index contributed by atoms with van der Waals surface area (Å²) in [4.78, 5) is 12.5. The van der Waals surface area contributed by atoms with E-state index in [1.54, 1.807) is 19.2 Å². The molecular formula is C22H22N2O4S. The summed E-state index contributed by atoms with van der Waals surface area (Å²) in [5.74, 6) is 0.663. The standard InChI is InChI=1S/C22H22N2O4S/c1-28-18-12-10-16(11-13-18)15-23-21(25)9-4-14-24-19-7-2-5-17-6-3-8-20(22(17)19)29(24,26)27/h2-3,5-8,10-13H,4,9,14-15H2,1H3,(H,23,25). The van der Waals surface area contributed by atoms with Crippen molar-refractivity contribution in [2.45, 2.75) is 24.3 Å². The van der Waals surface area contributed by atoms with Crippen LogP contribution in [0, 0.1) is 0 Å². The van der Waals surface area contributed by atoms with Gasteiger partial charge in [-0.15, -0.1) is 0 Å². The van der Waals surface area contributed by atoms with Gasteiger partial charge in [-0.1, -0.05) is 36.4 Å². The number of nitrogens with zero attached hydrogens (tertiary/aromatic N) is 1. The Labute approximate surface area is 170 Å². The highest BCUT2D eigenvalue weighted by molar-refractivity contribution is 7.93. The number of carbonyl (C=O) groups is 1. The lowest BCUT2D eigenvalue weighted by Gasteiger charge is -2.18. The third-order valence-corrected chi connectivity index (χ3v) is 6.95. The van der Waals surface area contributed by atoms with Crippen LogP contribution in [0.25, 0.3) is 10.8 Å². The molecule has 1 amide bonds. The molecule has 29 heavy (non-hydrogen) atoms. The molecule has 1 aliphatic rings. The van der Waals surface area contributed by atoms with Gasteiger partial charge in [0.2, 0.25) is 5.91 Å². The Hall–Kier alpha value is -3.06. The molecule has 1 N–H and O–H groups in total. The minimum Gasteiger partial charge on any atom is -0.497 e. The highest BCUT2D eigenvalue weighted by Gasteiger charge is 2.34. The second-order valence-electron chi connectivity index (χ2n) is 6.94. The molecule has 3 aromatic carbocycles. The molecule has 0 fully saturated rings. The number of rotatable bonds is 7. The maximum Gasteiger partial charge on any atom is 0.265 e. The van der Waals surface area contributed by atoms with E-state index in [1.807, 2.05) is 48.5 Å². The van der Waals surface area contributed by atoms with E-state index < -0.39 is 10.0 Å². The third kappa shape index (κ3) is 3.65. The quantitative estimate of drug-likeness (QED) is 0.647. The predicted molar refractivity (Wildman–Crippen MR) is 113 cm³/mol. The molecule has 7 heteroatoms. The number of carbonyl (C=O) groups excluding carboxylic acids is 1. The fourth-order valence-electron chi connectivity index (χ4n) is 3.61. The van der Waals surface area contributed by atoms with Crippen LogP contribution in [0.5, 0.6) is 5.75 Å². The lowest BCUT2D eigenvalue weighted by atomic mass is 10.1. The van der Waals surface area contributed by atoms with Gasteiger partial charge in [-0.3, -0.25) is 9.10 Å². The maximum absolute atomic E-state index is 12.9. The topological polar surface area (TPSA) is 75.7 Å². The van der Waals surface area contributed by atoms with Crippen molar-refractivity contribution in [2.24, 2.45) is 0 Å². The largest absolute Gasteiger partial charge is 0.497 e. The van der Waals surface area contributed by atoms with E-state index in [0.29, 0.717) is 23.5 Å². The van der Waals surface area contributed by atoms with Crippen LogP contribution in [0.4, 0.5) is 5.69 Å². The molecule has 4 rings (SSSR count). The van der Waals surface area contributed by atoms with E-state index in [1.165, 1.54) is 4.31 Å². The van der Waals surface area contributed by atoms with Gasteiger partial charge in [-0.25, -0.2) is 8.42 Å². The summed E-state index contributed by atoms with van der Waals surface area (Å²) in [5.41, 5.74) is 1.67. The first-order valence-electron chi connectivity index (χ1n) is 9.45. The molecule has 0 radical (unpaired) electrons. The highest BCUT2D eigenvalue weighted by Crippen LogP contribution is 2.41. The first-order chi connectivity index (χ1) is 14.0. The summed E-state index contributed by atoms with van der Waals surface area (Å²) in [6.45, 7) is 0.696. The van der Waals surface area contributed by atoms with Gasteiger partial charge in [-0.05, 0) is 41.6 Å². The van der Waals surface area contributed by atoms with Gasteiger partial charge in [0.25, 0.3) is 10.0 Å². The molecule has 0 aliphatic carbocycles. The van der Waals surface area contributed by atoms with E-state index in [2.05, 4.69) is 5.32 Å². The van der Waals surface area contributed by atoms with Crippen molar-refractivity contribution in [3.8, 4) is 5.75 Å². The van der Waals surface area contributed by atoms with Crippen LogP contribution < -0.4 is 14.4 Å². The fourth-order valence-corrected chi connectivity index (χ4v) is 5.36. The van der Waals surface area contributed by atoms with E-state index in [9.17, 15) is 13.2 Å². The van der Waals surface area contributed by atoms with Crippen LogP contribution >= 0.6 is 0 Å². The van der Waals surface area contributed by atoms with Crippen LogP contribution in [0.3, 0.4) is 0 Å². The molecule has 3 aromatic rings. The van der Waals surface area contributed by atoms with Gasteiger partial charge in [-0.2, -0.15) is 0 Å². The number of hydrogen-bond donors (Lipinski definition) is 1. The summed E-state index contributed by atoms with van der Waals surface area (Å²) < 4.78 is 32.4. The zero-order chi connectivity index (χ0) is 20.4. The van der Waals surface area contributed by atoms with Gasteiger partial charge in [0.15, 0.2) is 0 Å². The molecule has 0 saturated heterocycles. The van der Waals surface area contributed by atoms with Crippen molar-refractivity contribution in [3.63, 3.8) is 0 Å². The van der Waals surface area contributed by atoms with Gasteiger partial charge < -0.3 is 10.1 Å². The molecule has 1 aliphatic heterocycles. The van der Waals surface area contributed by atoms with Crippen molar-refractivity contribution >= 4 is 32.4 Å². The average molecular weight is 410 g/mol. The maximum atomic E-state index is 12.9. The lowest BCUT2D eigenvalue weighted by molar-refractivity contribution is -0.121. The molecular weight excluding hydrogens is 388 g/mol. The normalized spacial score (nSPS) is 14.2. The summed E-state index contributed by atoms with van der Waals surface area (Å²) in [5, 5.41) is 4.54. The number of benzene rings is 3. The molecule has 0 aromatic heterocycles. The van der Waals surface area contributed by atoms with Gasteiger partial charge in [0.05, 0.1) is 17.7 Å². The number of hydrogen-bond acceptors (Lipinski definition) is 4. The van der Waals surface area contributed by atoms with Crippen LogP contribution in [-0.2, 0) is 21.4 Å². The Morgan fingerprint density at radius 1 is 1.03 bits per heavy atom. The zero-order valence-corrected chi connectivity index (χ0v) is 16.9. The molecule has 0 saturated carbocycles. The van der Waals surface area contributed by atoms with Crippen molar-refractivity contribution in [1.29, 1.82) is 0 Å². The van der Waals surface area contributed by atoms with Crippen molar-refractivity contribution < 1.29 is 17.9 Å². The number of nitrogens with one attached hydrogen (secondary N) is 1. The monoisotopic (exact) mass is 410 g/mol. The smallest absolute Gasteiger partial charge is 0.265 e. The number of methoxy groups -OCH3 is 1. The molecule has 0 unspecified atom stereocenters. The summed E-state index contributed by atoms with van der Waals surface area (Å²) in [6, 6.07) is 18.4. The molecule has 150 valence electrons. The Morgan fingerprint density at radius 3 is 2.48 bits per heavy atom. The first-order valence-corrected chi connectivity index (χ1v) is 10.9. The van der Waals surface area contributed by atoms with Crippen LogP contribution in [0.1, 0.15) is 18.4 Å². The lowest BCUT2D eigenvalue weighted by Crippen LogP contribution is -2.30. The Bertz CT molecular complexity index is 1150. The number of ether oxygens (including phenoxy) is 1. The van der Waals surface area contributed by atoms with Crippen LogP contribution in [-0.4, -0.2) is 28.0 Å². The molecule has 0 bridgehead atoms. The summed E-state index contributed by atoms with van der Waals surface area (Å²) in [6.07, 6.45) is 0.701. The first kappa shape index (κ1) is 19.3. The van der Waals surface area contributed by atoms with Crippen LogP contribution in [0.2, 0.25) is 0 Å². The van der Waals surface area contributed by atoms with Gasteiger partial charge in [0, 0.05) is 24.9 Å². The SMILES string of the molecule is COc1ccc(CNC(=O)CCCN2c3cccc4cccc(c34)S2(=O)=O)cc1. The van der Waals surface area contributed by atoms with Gasteiger partial charge >= 0.3 is 0 Å². The summed E-state index contributed by atoms with van der Waals surface area (Å²) in [7, 11) is -1.96. The second-order valence-corrected chi connectivity index (χ2v) is 8.77. The van der Waals surface area contributed by atoms with Crippen molar-refractivity contribution in [2.75, 3.05) is 18.0 Å². The number of sulfonamides is 1. The Balaban J connectivity index is 1.36. The van der Waals surface area contributed by atoms with E-state index >= 15 is 0 Å². The fraction of sp³-hybridized carbons (Fsp3) is 0.227. The molecule has 6 nitrogen and oxygen atoms in total. The van der Waals surface area contributed by atoms with Crippen molar-refractivity contribution in [1.82, 2.24) is 5.32 Å². The number of amides is 1. The third-order valence-electron chi connectivity index (χ3n) is 5.09. The minimum absolute atomic E-state index is 0.104. The highest BCUT2D eigenvalue weighted by atomic mass is 32.2.